The van der Waals surface area contributed by atoms with Gasteiger partial charge in [-0.05, 0) is 42.5 Å². The average Bonchev–Trinajstić information content (AvgIpc) is 2.55. The number of carbonyl (C=O) groups excluding carboxylic acids is 1. The predicted octanol–water partition coefficient (Wildman–Crippen LogP) is 2.83. The predicted molar refractivity (Wildman–Crippen MR) is 86.1 cm³/mol. The number of amides is 1. The first kappa shape index (κ1) is 15.3. The molecule has 0 aliphatic carbocycles. The van der Waals surface area contributed by atoms with Crippen LogP contribution in [-0.2, 0) is 0 Å². The number of aromatic hydroxyl groups is 1. The molecule has 0 fully saturated rings. The van der Waals surface area contributed by atoms with Gasteiger partial charge in [-0.1, -0.05) is 18.2 Å². The number of nitrogens with one attached hydrogen (secondary N) is 1. The van der Waals surface area contributed by atoms with E-state index in [4.69, 9.17) is 9.84 Å². The second kappa shape index (κ2) is 7.64. The molecule has 0 aromatic heterocycles. The zero-order valence-corrected chi connectivity index (χ0v) is 12.1. The van der Waals surface area contributed by atoms with E-state index in [9.17, 15) is 4.79 Å². The fourth-order valence-corrected chi connectivity index (χ4v) is 1.77. The van der Waals surface area contributed by atoms with Gasteiger partial charge in [0.15, 0.2) is 0 Å². The number of nitrogens with zero attached hydrogens (tertiary/aromatic N) is 1. The van der Waals surface area contributed by atoms with Crippen molar-refractivity contribution >= 4 is 18.2 Å². The standard InChI is InChI=1S/C17H16N2O3/c1-22-16-7-3-2-5-13(16)6-4-12-18-19-17(21)14-8-10-15(20)11-9-14/h2-12,20H,1H3,(H,19,21)/b6-4-,18-12?. The summed E-state index contributed by atoms with van der Waals surface area (Å²) < 4.78 is 5.22. The van der Waals surface area contributed by atoms with E-state index < -0.39 is 0 Å². The highest BCUT2D eigenvalue weighted by molar-refractivity contribution is 5.94. The number of benzene rings is 2. The first-order valence-electron chi connectivity index (χ1n) is 6.63. The van der Waals surface area contributed by atoms with Crippen LogP contribution in [0.25, 0.3) is 6.08 Å². The molecule has 1 amide bonds. The van der Waals surface area contributed by atoms with Crippen molar-refractivity contribution in [3.8, 4) is 11.5 Å². The summed E-state index contributed by atoms with van der Waals surface area (Å²) in [5.41, 5.74) is 3.74. The molecule has 0 aliphatic heterocycles. The molecule has 2 rings (SSSR count). The lowest BCUT2D eigenvalue weighted by Crippen LogP contribution is -2.16. The Morgan fingerprint density at radius 1 is 1.18 bits per heavy atom. The molecule has 0 atom stereocenters. The number of carbonyl (C=O) groups is 1. The van der Waals surface area contributed by atoms with Crippen molar-refractivity contribution in [3.63, 3.8) is 0 Å². The minimum Gasteiger partial charge on any atom is -0.508 e. The summed E-state index contributed by atoms with van der Waals surface area (Å²) in [7, 11) is 1.61. The lowest BCUT2D eigenvalue weighted by molar-refractivity contribution is 0.0955. The Hall–Kier alpha value is -3.08. The van der Waals surface area contributed by atoms with Crippen LogP contribution in [-0.4, -0.2) is 24.3 Å². The zero-order chi connectivity index (χ0) is 15.8. The van der Waals surface area contributed by atoms with Gasteiger partial charge in [0.25, 0.3) is 5.91 Å². The first-order valence-corrected chi connectivity index (χ1v) is 6.63. The molecule has 0 spiro atoms. The minimum atomic E-state index is -0.345. The van der Waals surface area contributed by atoms with Crippen LogP contribution in [0.2, 0.25) is 0 Å². The van der Waals surface area contributed by atoms with Crippen molar-refractivity contribution in [2.75, 3.05) is 7.11 Å². The second-order valence-electron chi connectivity index (χ2n) is 4.37. The second-order valence-corrected chi connectivity index (χ2v) is 4.37. The molecular formula is C17H16N2O3. The van der Waals surface area contributed by atoms with Gasteiger partial charge in [-0.15, -0.1) is 0 Å². The normalized spacial score (nSPS) is 11.0. The van der Waals surface area contributed by atoms with Gasteiger partial charge in [0.2, 0.25) is 0 Å². The first-order chi connectivity index (χ1) is 10.7. The Morgan fingerprint density at radius 2 is 1.91 bits per heavy atom. The largest absolute Gasteiger partial charge is 0.508 e. The number of hydrogen-bond donors (Lipinski definition) is 2. The number of hydrazone groups is 1. The van der Waals surface area contributed by atoms with Crippen molar-refractivity contribution in [2.24, 2.45) is 5.10 Å². The number of para-hydroxylation sites is 1. The van der Waals surface area contributed by atoms with Crippen molar-refractivity contribution in [1.29, 1.82) is 0 Å². The smallest absolute Gasteiger partial charge is 0.271 e. The van der Waals surface area contributed by atoms with Crippen LogP contribution in [0.5, 0.6) is 11.5 Å². The van der Waals surface area contributed by atoms with Gasteiger partial charge in [0.1, 0.15) is 11.5 Å². The number of hydrogen-bond acceptors (Lipinski definition) is 4. The van der Waals surface area contributed by atoms with Crippen molar-refractivity contribution in [3.05, 3.63) is 65.7 Å². The molecule has 0 saturated carbocycles. The van der Waals surface area contributed by atoms with Crippen LogP contribution in [0.4, 0.5) is 0 Å². The Labute approximate surface area is 128 Å². The third kappa shape index (κ3) is 4.21. The lowest BCUT2D eigenvalue weighted by Gasteiger charge is -2.02. The summed E-state index contributed by atoms with van der Waals surface area (Å²) in [5.74, 6) is 0.530. The van der Waals surface area contributed by atoms with E-state index in [1.54, 1.807) is 13.2 Å². The van der Waals surface area contributed by atoms with E-state index >= 15 is 0 Å². The highest BCUT2D eigenvalue weighted by Gasteiger charge is 2.02. The molecular weight excluding hydrogens is 280 g/mol. The fraction of sp³-hybridized carbons (Fsp3) is 0.0588. The zero-order valence-electron chi connectivity index (χ0n) is 12.1. The van der Waals surface area contributed by atoms with Gasteiger partial charge < -0.3 is 9.84 Å². The molecule has 5 nitrogen and oxygen atoms in total. The maximum absolute atomic E-state index is 11.7. The summed E-state index contributed by atoms with van der Waals surface area (Å²) >= 11 is 0. The van der Waals surface area contributed by atoms with Gasteiger partial charge in [-0.3, -0.25) is 4.79 Å². The molecule has 2 aromatic rings. The molecule has 2 N–H and O–H groups in total. The fourth-order valence-electron chi connectivity index (χ4n) is 1.77. The number of rotatable bonds is 5. The monoisotopic (exact) mass is 296 g/mol. The van der Waals surface area contributed by atoms with Crippen LogP contribution in [0.15, 0.2) is 59.7 Å². The number of phenols is 1. The van der Waals surface area contributed by atoms with Gasteiger partial charge in [-0.25, -0.2) is 5.43 Å². The quantitative estimate of drug-likeness (QED) is 0.658. The Balaban J connectivity index is 1.91. The summed E-state index contributed by atoms with van der Waals surface area (Å²) in [4.78, 5) is 11.7. The van der Waals surface area contributed by atoms with Crippen LogP contribution in [0.3, 0.4) is 0 Å². The van der Waals surface area contributed by atoms with E-state index in [1.807, 2.05) is 30.3 Å². The number of methoxy groups -OCH3 is 1. The molecule has 0 unspecified atom stereocenters. The highest BCUT2D eigenvalue weighted by atomic mass is 16.5. The van der Waals surface area contributed by atoms with Crippen molar-refractivity contribution in [2.45, 2.75) is 0 Å². The van der Waals surface area contributed by atoms with E-state index in [0.717, 1.165) is 11.3 Å². The van der Waals surface area contributed by atoms with Gasteiger partial charge >= 0.3 is 0 Å². The molecule has 2 aromatic carbocycles. The molecule has 5 heteroatoms. The number of phenolic OH excluding ortho intramolecular Hbond substituents is 1. The minimum absolute atomic E-state index is 0.111. The number of ether oxygens (including phenoxy) is 1. The van der Waals surface area contributed by atoms with Crippen LogP contribution >= 0.6 is 0 Å². The molecule has 0 radical (unpaired) electrons. The third-order valence-electron chi connectivity index (χ3n) is 2.87. The maximum atomic E-state index is 11.7. The third-order valence-corrected chi connectivity index (χ3v) is 2.87. The topological polar surface area (TPSA) is 70.9 Å². The van der Waals surface area contributed by atoms with Gasteiger partial charge in [0.05, 0.1) is 7.11 Å². The average molecular weight is 296 g/mol. The Kier molecular flexibility index (Phi) is 5.31. The molecule has 0 bridgehead atoms. The van der Waals surface area contributed by atoms with Crippen molar-refractivity contribution in [1.82, 2.24) is 5.43 Å². The van der Waals surface area contributed by atoms with E-state index in [2.05, 4.69) is 10.5 Å². The van der Waals surface area contributed by atoms with Gasteiger partial charge in [0, 0.05) is 17.3 Å². The SMILES string of the molecule is COc1ccccc1/C=C\C=NNC(=O)c1ccc(O)cc1. The molecule has 0 aliphatic rings. The maximum Gasteiger partial charge on any atom is 0.271 e. The Morgan fingerprint density at radius 3 is 2.64 bits per heavy atom. The number of allylic oxidation sites excluding steroid dienone is 1. The van der Waals surface area contributed by atoms with E-state index in [0.29, 0.717) is 5.56 Å². The van der Waals surface area contributed by atoms with Crippen LogP contribution in [0.1, 0.15) is 15.9 Å². The van der Waals surface area contributed by atoms with Gasteiger partial charge in [-0.2, -0.15) is 5.10 Å². The van der Waals surface area contributed by atoms with Crippen LogP contribution < -0.4 is 10.2 Å². The molecule has 112 valence electrons. The Bertz CT molecular complexity index is 691. The van der Waals surface area contributed by atoms with E-state index in [1.165, 1.54) is 30.5 Å². The lowest BCUT2D eigenvalue weighted by atomic mass is 10.2. The summed E-state index contributed by atoms with van der Waals surface area (Å²) in [6.45, 7) is 0. The molecule has 22 heavy (non-hydrogen) atoms. The molecule has 0 heterocycles. The highest BCUT2D eigenvalue weighted by Crippen LogP contribution is 2.18. The van der Waals surface area contributed by atoms with Crippen molar-refractivity contribution < 1.29 is 14.6 Å². The summed E-state index contributed by atoms with van der Waals surface area (Å²) in [5, 5.41) is 13.0. The summed E-state index contributed by atoms with van der Waals surface area (Å²) in [6.07, 6.45) is 5.01. The summed E-state index contributed by atoms with van der Waals surface area (Å²) in [6, 6.07) is 13.5. The van der Waals surface area contributed by atoms with Crippen LogP contribution in [0, 0.1) is 0 Å². The van der Waals surface area contributed by atoms with E-state index in [-0.39, 0.29) is 11.7 Å². The molecule has 0 saturated heterocycles.